The minimum atomic E-state index is -0.202. The van der Waals surface area contributed by atoms with Crippen LogP contribution in [-0.2, 0) is 11.3 Å². The van der Waals surface area contributed by atoms with Crippen LogP contribution in [0.15, 0.2) is 53.1 Å². The van der Waals surface area contributed by atoms with Crippen molar-refractivity contribution in [1.29, 1.82) is 0 Å². The summed E-state index contributed by atoms with van der Waals surface area (Å²) in [6.07, 6.45) is 2.50. The van der Waals surface area contributed by atoms with Gasteiger partial charge in [-0.05, 0) is 50.1 Å². The number of benzene rings is 2. The summed E-state index contributed by atoms with van der Waals surface area (Å²) in [4.78, 5) is 32.1. The number of amides is 2. The van der Waals surface area contributed by atoms with Crippen molar-refractivity contribution in [1.82, 2.24) is 20.4 Å². The molecule has 2 N–H and O–H groups in total. The average Bonchev–Trinajstić information content (AvgIpc) is 3.31. The number of anilines is 1. The minimum Gasteiger partial charge on any atom is -0.352 e. The van der Waals surface area contributed by atoms with E-state index in [1.807, 2.05) is 31.2 Å². The van der Waals surface area contributed by atoms with Crippen molar-refractivity contribution >= 4 is 29.1 Å². The molecule has 1 aliphatic heterocycles. The van der Waals surface area contributed by atoms with Crippen molar-refractivity contribution in [3.05, 3.63) is 65.0 Å². The van der Waals surface area contributed by atoms with Crippen molar-refractivity contribution in [2.24, 2.45) is 5.92 Å². The molecule has 0 radical (unpaired) electrons. The lowest BCUT2D eigenvalue weighted by atomic mass is 9.96. The molecule has 0 saturated carbocycles. The van der Waals surface area contributed by atoms with Crippen LogP contribution in [0, 0.1) is 5.92 Å². The number of piperidine rings is 1. The van der Waals surface area contributed by atoms with E-state index in [1.54, 1.807) is 24.3 Å². The molecule has 34 heavy (non-hydrogen) atoms. The van der Waals surface area contributed by atoms with Crippen molar-refractivity contribution in [2.45, 2.75) is 32.7 Å². The maximum atomic E-state index is 13.0. The molecular weight excluding hydrogens is 454 g/mol. The van der Waals surface area contributed by atoms with Gasteiger partial charge in [-0.15, -0.1) is 0 Å². The highest BCUT2D eigenvalue weighted by Gasteiger charge is 2.28. The van der Waals surface area contributed by atoms with Crippen LogP contribution in [0.1, 0.15) is 42.4 Å². The summed E-state index contributed by atoms with van der Waals surface area (Å²) in [5.74, 6) is 0.446. The Morgan fingerprint density at radius 2 is 1.97 bits per heavy atom. The van der Waals surface area contributed by atoms with Crippen LogP contribution in [0.25, 0.3) is 11.4 Å². The Balaban J connectivity index is 1.38. The quantitative estimate of drug-likeness (QED) is 0.495. The molecule has 1 aromatic heterocycles. The summed E-state index contributed by atoms with van der Waals surface area (Å²) in [7, 11) is 0. The number of para-hydroxylation sites is 1. The van der Waals surface area contributed by atoms with Gasteiger partial charge in [0.15, 0.2) is 0 Å². The van der Waals surface area contributed by atoms with Crippen LogP contribution in [0.4, 0.5) is 5.69 Å². The zero-order chi connectivity index (χ0) is 23.9. The van der Waals surface area contributed by atoms with Crippen LogP contribution < -0.4 is 10.6 Å². The lowest BCUT2D eigenvalue weighted by Crippen LogP contribution is -2.40. The molecule has 2 amide bonds. The van der Waals surface area contributed by atoms with Crippen molar-refractivity contribution in [3.63, 3.8) is 0 Å². The van der Waals surface area contributed by atoms with Gasteiger partial charge >= 0.3 is 0 Å². The van der Waals surface area contributed by atoms with Gasteiger partial charge in [-0.1, -0.05) is 47.9 Å². The molecule has 1 fully saturated rings. The highest BCUT2D eigenvalue weighted by molar-refractivity contribution is 6.33. The van der Waals surface area contributed by atoms with Crippen molar-refractivity contribution in [2.75, 3.05) is 25.0 Å². The molecule has 2 aromatic carbocycles. The molecule has 4 rings (SSSR count). The number of carbonyl (C=O) groups excluding carboxylic acids is 2. The van der Waals surface area contributed by atoms with E-state index in [1.165, 1.54) is 0 Å². The van der Waals surface area contributed by atoms with Gasteiger partial charge in [-0.3, -0.25) is 14.5 Å². The molecule has 3 aromatic rings. The standard InChI is InChI=1S/C25H28ClN5O3/c1-2-13-27-25(33)19-10-4-6-12-21(19)28-24(32)17-8-7-14-31(15-17)16-22-29-23(30-34-22)18-9-3-5-11-20(18)26/h3-6,9-12,17H,2,7-8,13-16H2,1H3,(H,27,33)(H,28,32). The summed E-state index contributed by atoms with van der Waals surface area (Å²) < 4.78 is 5.44. The average molecular weight is 482 g/mol. The van der Waals surface area contributed by atoms with Gasteiger partial charge in [0.25, 0.3) is 5.91 Å². The molecule has 0 aliphatic carbocycles. The zero-order valence-corrected chi connectivity index (χ0v) is 19.8. The lowest BCUT2D eigenvalue weighted by molar-refractivity contribution is -0.121. The Morgan fingerprint density at radius 1 is 1.18 bits per heavy atom. The lowest BCUT2D eigenvalue weighted by Gasteiger charge is -2.31. The summed E-state index contributed by atoms with van der Waals surface area (Å²) in [5, 5.41) is 10.4. The van der Waals surface area contributed by atoms with Gasteiger partial charge in [-0.2, -0.15) is 4.98 Å². The number of likely N-dealkylation sites (tertiary alicyclic amines) is 1. The van der Waals surface area contributed by atoms with Gasteiger partial charge in [0, 0.05) is 18.7 Å². The molecule has 2 heterocycles. The first-order valence-corrected chi connectivity index (χ1v) is 11.9. The van der Waals surface area contributed by atoms with E-state index in [0.29, 0.717) is 47.6 Å². The third-order valence-corrected chi connectivity index (χ3v) is 6.11. The van der Waals surface area contributed by atoms with Crippen LogP contribution in [-0.4, -0.2) is 46.5 Å². The normalized spacial score (nSPS) is 16.2. The molecule has 1 atom stereocenters. The Labute approximate surface area is 203 Å². The first-order valence-electron chi connectivity index (χ1n) is 11.5. The predicted octanol–water partition coefficient (Wildman–Crippen LogP) is 4.38. The van der Waals surface area contributed by atoms with E-state index in [-0.39, 0.29) is 17.7 Å². The van der Waals surface area contributed by atoms with E-state index in [2.05, 4.69) is 25.7 Å². The van der Waals surface area contributed by atoms with E-state index in [9.17, 15) is 9.59 Å². The molecule has 0 spiro atoms. The second-order valence-electron chi connectivity index (χ2n) is 8.36. The highest BCUT2D eigenvalue weighted by atomic mass is 35.5. The fourth-order valence-electron chi connectivity index (χ4n) is 4.03. The smallest absolute Gasteiger partial charge is 0.253 e. The monoisotopic (exact) mass is 481 g/mol. The minimum absolute atomic E-state index is 0.0947. The largest absolute Gasteiger partial charge is 0.352 e. The van der Waals surface area contributed by atoms with Crippen molar-refractivity contribution in [3.8, 4) is 11.4 Å². The molecule has 1 saturated heterocycles. The number of nitrogens with zero attached hydrogens (tertiary/aromatic N) is 3. The maximum Gasteiger partial charge on any atom is 0.253 e. The van der Waals surface area contributed by atoms with E-state index >= 15 is 0 Å². The van der Waals surface area contributed by atoms with Gasteiger partial charge in [0.2, 0.25) is 17.6 Å². The van der Waals surface area contributed by atoms with E-state index in [0.717, 1.165) is 31.4 Å². The van der Waals surface area contributed by atoms with Gasteiger partial charge in [0.05, 0.1) is 28.7 Å². The third kappa shape index (κ3) is 5.81. The number of hydrogen-bond donors (Lipinski definition) is 2. The summed E-state index contributed by atoms with van der Waals surface area (Å²) >= 11 is 6.23. The Bertz CT molecular complexity index is 1150. The van der Waals surface area contributed by atoms with Gasteiger partial charge < -0.3 is 15.2 Å². The molecule has 9 heteroatoms. The highest BCUT2D eigenvalue weighted by Crippen LogP contribution is 2.26. The van der Waals surface area contributed by atoms with Crippen LogP contribution in [0.3, 0.4) is 0 Å². The first kappa shape index (κ1) is 23.9. The SMILES string of the molecule is CCCNC(=O)c1ccccc1NC(=O)C1CCCN(Cc2nc(-c3ccccc3Cl)no2)C1. The Hall–Kier alpha value is -3.23. The topological polar surface area (TPSA) is 100 Å². The van der Waals surface area contributed by atoms with Crippen LogP contribution >= 0.6 is 11.6 Å². The van der Waals surface area contributed by atoms with Gasteiger partial charge in [-0.25, -0.2) is 0 Å². The van der Waals surface area contributed by atoms with E-state index < -0.39 is 0 Å². The molecule has 1 aliphatic rings. The number of nitrogens with one attached hydrogen (secondary N) is 2. The molecular formula is C25H28ClN5O3. The van der Waals surface area contributed by atoms with Crippen LogP contribution in [0.5, 0.6) is 0 Å². The number of rotatable bonds is 8. The summed E-state index contributed by atoms with van der Waals surface area (Å²) in [5.41, 5.74) is 1.71. The Morgan fingerprint density at radius 3 is 2.79 bits per heavy atom. The third-order valence-electron chi connectivity index (χ3n) is 5.78. The fourth-order valence-corrected chi connectivity index (χ4v) is 4.25. The molecule has 8 nitrogen and oxygen atoms in total. The number of aromatic nitrogens is 2. The number of hydrogen-bond acceptors (Lipinski definition) is 6. The van der Waals surface area contributed by atoms with Crippen molar-refractivity contribution < 1.29 is 14.1 Å². The van der Waals surface area contributed by atoms with Crippen LogP contribution in [0.2, 0.25) is 5.02 Å². The van der Waals surface area contributed by atoms with Gasteiger partial charge in [0.1, 0.15) is 0 Å². The predicted molar refractivity (Wildman–Crippen MR) is 130 cm³/mol. The second kappa shape index (κ2) is 11.3. The fraction of sp³-hybridized carbons (Fsp3) is 0.360. The second-order valence-corrected chi connectivity index (χ2v) is 8.76. The number of halogens is 1. The first-order chi connectivity index (χ1) is 16.5. The number of carbonyl (C=O) groups is 2. The summed E-state index contributed by atoms with van der Waals surface area (Å²) in [6, 6.07) is 14.4. The summed E-state index contributed by atoms with van der Waals surface area (Å²) in [6.45, 7) is 4.45. The maximum absolute atomic E-state index is 13.0. The molecule has 1 unspecified atom stereocenters. The molecule has 0 bridgehead atoms. The van der Waals surface area contributed by atoms with E-state index in [4.69, 9.17) is 16.1 Å². The Kier molecular flexibility index (Phi) is 7.92. The molecule has 178 valence electrons. The zero-order valence-electron chi connectivity index (χ0n) is 19.1.